The van der Waals surface area contributed by atoms with Crippen molar-refractivity contribution in [2.75, 3.05) is 26.2 Å². The van der Waals surface area contributed by atoms with Gasteiger partial charge in [-0.1, -0.05) is 19.1 Å². The van der Waals surface area contributed by atoms with Crippen molar-refractivity contribution < 1.29 is 4.79 Å². The van der Waals surface area contributed by atoms with E-state index in [4.69, 9.17) is 0 Å². The third-order valence-corrected chi connectivity index (χ3v) is 8.14. The van der Waals surface area contributed by atoms with Crippen LogP contribution in [0.5, 0.6) is 0 Å². The molecule has 0 saturated carbocycles. The summed E-state index contributed by atoms with van der Waals surface area (Å²) < 4.78 is 0. The highest BCUT2D eigenvalue weighted by molar-refractivity contribution is 5.78. The number of rotatable bonds is 5. The van der Waals surface area contributed by atoms with Crippen LogP contribution in [0.3, 0.4) is 0 Å². The molecule has 176 valence electrons. The van der Waals surface area contributed by atoms with Crippen LogP contribution in [0, 0.1) is 5.41 Å². The lowest BCUT2D eigenvalue weighted by Crippen LogP contribution is -2.61. The minimum absolute atomic E-state index is 0.218. The Bertz CT molecular complexity index is 1160. The van der Waals surface area contributed by atoms with E-state index < -0.39 is 0 Å². The maximum absolute atomic E-state index is 12.8. The number of fused-ring (bicyclic) bond motifs is 1. The van der Waals surface area contributed by atoms with E-state index in [1.807, 2.05) is 12.3 Å². The number of amides is 1. The Hall–Kier alpha value is -3.06. The Morgan fingerprint density at radius 3 is 2.59 bits per heavy atom. The SMILES string of the molecule is CCc1ccc(CC(=O)N2CCC3(CC2)CN([C@@H]2CCc4cc(-n5nccn5)ccc42)C3)nc1. The lowest BCUT2D eigenvalue weighted by molar-refractivity contribution is -0.136. The number of carbonyl (C=O) groups excluding carboxylic acids is 1. The Labute approximate surface area is 200 Å². The van der Waals surface area contributed by atoms with Crippen LogP contribution >= 0.6 is 0 Å². The number of aromatic nitrogens is 4. The van der Waals surface area contributed by atoms with Crippen LogP contribution in [-0.4, -0.2) is 61.9 Å². The summed E-state index contributed by atoms with van der Waals surface area (Å²) in [5, 5.41) is 8.53. The van der Waals surface area contributed by atoms with Gasteiger partial charge in [-0.2, -0.15) is 15.0 Å². The molecule has 3 aromatic rings. The number of nitrogens with zero attached hydrogens (tertiary/aromatic N) is 6. The summed E-state index contributed by atoms with van der Waals surface area (Å²) in [5.41, 5.74) is 6.42. The van der Waals surface area contributed by atoms with E-state index in [1.165, 1.54) is 23.1 Å². The summed E-state index contributed by atoms with van der Waals surface area (Å²) in [6.07, 6.45) is 11.3. The first-order valence-corrected chi connectivity index (χ1v) is 12.6. The number of hydrogen-bond donors (Lipinski definition) is 0. The maximum Gasteiger partial charge on any atom is 0.228 e. The molecule has 0 N–H and O–H groups in total. The molecule has 7 nitrogen and oxygen atoms in total. The minimum atomic E-state index is 0.218. The number of piperidine rings is 1. The minimum Gasteiger partial charge on any atom is -0.342 e. The number of aryl methyl sites for hydroxylation is 2. The molecule has 6 rings (SSSR count). The quantitative estimate of drug-likeness (QED) is 0.589. The molecule has 1 amide bonds. The second-order valence-corrected chi connectivity index (χ2v) is 10.2. The smallest absolute Gasteiger partial charge is 0.228 e. The van der Waals surface area contributed by atoms with E-state index in [-0.39, 0.29) is 5.91 Å². The van der Waals surface area contributed by atoms with Crippen molar-refractivity contribution in [3.8, 4) is 5.69 Å². The van der Waals surface area contributed by atoms with E-state index >= 15 is 0 Å². The van der Waals surface area contributed by atoms with Gasteiger partial charge in [0, 0.05) is 44.1 Å². The van der Waals surface area contributed by atoms with Gasteiger partial charge in [0.25, 0.3) is 0 Å². The van der Waals surface area contributed by atoms with E-state index in [0.29, 0.717) is 17.9 Å². The molecule has 34 heavy (non-hydrogen) atoms. The van der Waals surface area contributed by atoms with E-state index in [0.717, 1.165) is 63.2 Å². The number of likely N-dealkylation sites (tertiary alicyclic amines) is 2. The van der Waals surface area contributed by atoms with Gasteiger partial charge < -0.3 is 4.90 Å². The first-order chi connectivity index (χ1) is 16.6. The second-order valence-electron chi connectivity index (χ2n) is 10.2. The Morgan fingerprint density at radius 1 is 1.09 bits per heavy atom. The summed E-state index contributed by atoms with van der Waals surface area (Å²) in [4.78, 5) is 23.7. The van der Waals surface area contributed by atoms with Gasteiger partial charge in [-0.25, -0.2) is 0 Å². The van der Waals surface area contributed by atoms with Gasteiger partial charge >= 0.3 is 0 Å². The lowest BCUT2D eigenvalue weighted by Gasteiger charge is -2.56. The van der Waals surface area contributed by atoms with Gasteiger partial charge in [0.2, 0.25) is 5.91 Å². The summed E-state index contributed by atoms with van der Waals surface area (Å²) >= 11 is 0. The third-order valence-electron chi connectivity index (χ3n) is 8.14. The summed E-state index contributed by atoms with van der Waals surface area (Å²) in [7, 11) is 0. The van der Waals surface area contributed by atoms with Gasteiger partial charge in [0.05, 0.1) is 24.5 Å². The summed E-state index contributed by atoms with van der Waals surface area (Å²) in [5.74, 6) is 0.218. The average molecular weight is 457 g/mol. The molecule has 3 aliphatic rings. The molecular formula is C27H32N6O. The Morgan fingerprint density at radius 2 is 1.88 bits per heavy atom. The van der Waals surface area contributed by atoms with Gasteiger partial charge in [0.1, 0.15) is 0 Å². The van der Waals surface area contributed by atoms with Crippen LogP contribution in [0.15, 0.2) is 48.9 Å². The molecule has 1 aromatic carbocycles. The highest BCUT2D eigenvalue weighted by atomic mass is 16.2. The zero-order valence-corrected chi connectivity index (χ0v) is 19.9. The van der Waals surface area contributed by atoms with E-state index in [2.05, 4.69) is 56.2 Å². The van der Waals surface area contributed by atoms with Crippen molar-refractivity contribution in [3.05, 3.63) is 71.3 Å². The van der Waals surface area contributed by atoms with Gasteiger partial charge in [-0.3, -0.25) is 14.7 Å². The number of hydrogen-bond acceptors (Lipinski definition) is 5. The zero-order chi connectivity index (χ0) is 23.1. The molecule has 1 aliphatic carbocycles. The van der Waals surface area contributed by atoms with Crippen molar-refractivity contribution in [2.24, 2.45) is 5.41 Å². The topological polar surface area (TPSA) is 67.2 Å². The predicted octanol–water partition coefficient (Wildman–Crippen LogP) is 3.38. The zero-order valence-electron chi connectivity index (χ0n) is 19.9. The van der Waals surface area contributed by atoms with Gasteiger partial charge in [-0.05, 0) is 72.4 Å². The van der Waals surface area contributed by atoms with Crippen LogP contribution in [0.2, 0.25) is 0 Å². The fourth-order valence-corrected chi connectivity index (χ4v) is 6.05. The highest BCUT2D eigenvalue weighted by Gasteiger charge is 2.48. The van der Waals surface area contributed by atoms with Gasteiger partial charge in [0.15, 0.2) is 0 Å². The molecule has 2 aliphatic heterocycles. The highest BCUT2D eigenvalue weighted by Crippen LogP contribution is 2.47. The van der Waals surface area contributed by atoms with E-state index in [9.17, 15) is 4.79 Å². The first-order valence-electron chi connectivity index (χ1n) is 12.6. The van der Waals surface area contributed by atoms with Crippen LogP contribution in [-0.2, 0) is 24.1 Å². The van der Waals surface area contributed by atoms with Crippen LogP contribution < -0.4 is 0 Å². The van der Waals surface area contributed by atoms with Gasteiger partial charge in [-0.15, -0.1) is 0 Å². The number of pyridine rings is 1. The number of carbonyl (C=O) groups is 1. The molecule has 7 heteroatoms. The monoisotopic (exact) mass is 456 g/mol. The molecular weight excluding hydrogens is 424 g/mol. The molecule has 1 spiro atoms. The summed E-state index contributed by atoms with van der Waals surface area (Å²) in [6, 6.07) is 11.3. The normalized spacial score (nSPS) is 21.4. The Balaban J connectivity index is 1.03. The predicted molar refractivity (Wildman–Crippen MR) is 130 cm³/mol. The lowest BCUT2D eigenvalue weighted by atomic mass is 9.71. The first kappa shape index (κ1) is 21.5. The molecule has 2 aromatic heterocycles. The largest absolute Gasteiger partial charge is 0.342 e. The summed E-state index contributed by atoms with van der Waals surface area (Å²) in [6.45, 7) is 6.18. The molecule has 2 saturated heterocycles. The van der Waals surface area contributed by atoms with Crippen LogP contribution in [0.4, 0.5) is 0 Å². The van der Waals surface area contributed by atoms with Crippen molar-refractivity contribution >= 4 is 5.91 Å². The van der Waals surface area contributed by atoms with Crippen molar-refractivity contribution in [3.63, 3.8) is 0 Å². The fraction of sp³-hybridized carbons (Fsp3) is 0.481. The molecule has 0 radical (unpaired) electrons. The molecule has 2 fully saturated rings. The standard InChI is InChI=1S/C27H32N6O/c1-2-20-3-5-22(28-17-20)16-26(34)31-13-9-27(10-14-31)18-32(19-27)25-8-4-21-15-23(6-7-24(21)25)33-29-11-12-30-33/h3,5-7,11-12,15,17,25H,2,4,8-10,13-14,16,18-19H2,1H3/t25-/m1/s1. The van der Waals surface area contributed by atoms with Crippen LogP contribution in [0.1, 0.15) is 54.6 Å². The van der Waals surface area contributed by atoms with Crippen molar-refractivity contribution in [1.29, 1.82) is 0 Å². The third kappa shape index (κ3) is 3.92. The van der Waals surface area contributed by atoms with Crippen molar-refractivity contribution in [2.45, 2.75) is 51.5 Å². The molecule has 0 bridgehead atoms. The molecule has 4 heterocycles. The Kier molecular flexibility index (Phi) is 5.44. The molecule has 1 atom stereocenters. The molecule has 0 unspecified atom stereocenters. The average Bonchev–Trinajstić information content (AvgIpc) is 3.53. The number of benzene rings is 1. The van der Waals surface area contributed by atoms with E-state index in [1.54, 1.807) is 17.2 Å². The van der Waals surface area contributed by atoms with Crippen LogP contribution in [0.25, 0.3) is 5.69 Å². The second kappa shape index (κ2) is 8.62. The fourth-order valence-electron chi connectivity index (χ4n) is 6.05. The van der Waals surface area contributed by atoms with Crippen molar-refractivity contribution in [1.82, 2.24) is 29.8 Å². The maximum atomic E-state index is 12.8.